The van der Waals surface area contributed by atoms with Gasteiger partial charge in [0.25, 0.3) is 0 Å². The van der Waals surface area contributed by atoms with E-state index >= 15 is 0 Å². The highest BCUT2D eigenvalue weighted by Gasteiger charge is 2.15. The van der Waals surface area contributed by atoms with Gasteiger partial charge < -0.3 is 0 Å². The van der Waals surface area contributed by atoms with Crippen LogP contribution in [0.3, 0.4) is 0 Å². The summed E-state index contributed by atoms with van der Waals surface area (Å²) < 4.78 is 43.2. The molecule has 0 bridgehead atoms. The van der Waals surface area contributed by atoms with Crippen molar-refractivity contribution in [3.05, 3.63) is 80.2 Å². The second kappa shape index (κ2) is 6.27. The molecule has 1 aromatic heterocycles. The summed E-state index contributed by atoms with van der Waals surface area (Å²) in [5.74, 6) is -1.46. The van der Waals surface area contributed by atoms with Crippen molar-refractivity contribution < 1.29 is 13.2 Å². The Morgan fingerprint density at radius 2 is 1.83 bits per heavy atom. The van der Waals surface area contributed by atoms with Crippen molar-refractivity contribution in [3.8, 4) is 5.69 Å². The highest BCUT2D eigenvalue weighted by Crippen LogP contribution is 2.18. The lowest BCUT2D eigenvalue weighted by Crippen LogP contribution is -2.25. The average molecular weight is 398 g/mol. The van der Waals surface area contributed by atoms with E-state index in [-0.39, 0.29) is 22.3 Å². The molecule has 124 valence electrons. The van der Waals surface area contributed by atoms with Crippen molar-refractivity contribution in [3.63, 3.8) is 0 Å². The van der Waals surface area contributed by atoms with Gasteiger partial charge in [0.2, 0.25) is 0 Å². The first kappa shape index (κ1) is 16.5. The van der Waals surface area contributed by atoms with E-state index in [4.69, 9.17) is 0 Å². The molecule has 24 heavy (non-hydrogen) atoms. The van der Waals surface area contributed by atoms with Gasteiger partial charge in [-0.3, -0.25) is 4.57 Å². The number of halogens is 4. The van der Waals surface area contributed by atoms with E-state index in [1.807, 2.05) is 0 Å². The summed E-state index contributed by atoms with van der Waals surface area (Å²) in [4.78, 5) is 12.5. The van der Waals surface area contributed by atoms with E-state index in [0.717, 1.165) is 28.9 Å². The summed E-state index contributed by atoms with van der Waals surface area (Å²) in [5, 5.41) is 4.07. The molecule has 3 aromatic rings. The van der Waals surface area contributed by atoms with Gasteiger partial charge in [-0.15, -0.1) is 0 Å². The van der Waals surface area contributed by atoms with Gasteiger partial charge in [0.1, 0.15) is 23.3 Å². The van der Waals surface area contributed by atoms with Crippen LogP contribution in [0.2, 0.25) is 0 Å². The average Bonchev–Trinajstić information content (AvgIpc) is 2.81. The number of hydrogen-bond acceptors (Lipinski definition) is 2. The molecule has 0 N–H and O–H groups in total. The molecule has 1 heterocycles. The lowest BCUT2D eigenvalue weighted by Gasteiger charge is -2.05. The molecule has 3 rings (SSSR count). The van der Waals surface area contributed by atoms with Gasteiger partial charge in [0.05, 0.1) is 16.7 Å². The second-order valence-electron chi connectivity index (χ2n) is 5.16. The van der Waals surface area contributed by atoms with Crippen LogP contribution in [0.4, 0.5) is 13.2 Å². The molecule has 8 heteroatoms. The molecule has 4 nitrogen and oxygen atoms in total. The summed E-state index contributed by atoms with van der Waals surface area (Å²) in [6.45, 7) is 1.39. The Morgan fingerprint density at radius 3 is 2.54 bits per heavy atom. The maximum atomic E-state index is 13.8. The van der Waals surface area contributed by atoms with E-state index in [0.29, 0.717) is 5.82 Å². The van der Waals surface area contributed by atoms with E-state index in [2.05, 4.69) is 21.0 Å². The molecule has 0 aliphatic heterocycles. The zero-order valence-electron chi connectivity index (χ0n) is 12.4. The van der Waals surface area contributed by atoms with Gasteiger partial charge in [0.15, 0.2) is 0 Å². The first-order valence-electron chi connectivity index (χ1n) is 6.92. The topological polar surface area (TPSA) is 39.8 Å². The number of aryl methyl sites for hydroxylation is 1. The number of nitrogens with zero attached hydrogens (tertiary/aromatic N) is 3. The summed E-state index contributed by atoms with van der Waals surface area (Å²) in [5.41, 5.74) is -0.304. The van der Waals surface area contributed by atoms with Gasteiger partial charge in [-0.25, -0.2) is 18.0 Å². The fraction of sp³-hybridized carbons (Fsp3) is 0.125. The fourth-order valence-electron chi connectivity index (χ4n) is 2.30. The second-order valence-corrected chi connectivity index (χ2v) is 6.02. The summed E-state index contributed by atoms with van der Waals surface area (Å²) >= 11 is 3.03. The molecule has 0 unspecified atom stereocenters. The normalized spacial score (nSPS) is 11.0. The SMILES string of the molecule is Cc1nn(-c2ccc(Br)c(F)c2)c(=O)n1Cc1cc(F)ccc1F. The van der Waals surface area contributed by atoms with Crippen LogP contribution in [-0.2, 0) is 6.54 Å². The van der Waals surface area contributed by atoms with Crippen molar-refractivity contribution in [1.29, 1.82) is 0 Å². The smallest absolute Gasteiger partial charge is 0.274 e. The van der Waals surface area contributed by atoms with Crippen molar-refractivity contribution in [2.24, 2.45) is 0 Å². The zero-order chi connectivity index (χ0) is 17.4. The van der Waals surface area contributed by atoms with Crippen molar-refractivity contribution in [2.75, 3.05) is 0 Å². The van der Waals surface area contributed by atoms with Crippen molar-refractivity contribution >= 4 is 15.9 Å². The molecule has 0 saturated heterocycles. The van der Waals surface area contributed by atoms with Crippen LogP contribution in [0.1, 0.15) is 11.4 Å². The first-order valence-corrected chi connectivity index (χ1v) is 7.72. The van der Waals surface area contributed by atoms with Crippen LogP contribution >= 0.6 is 15.9 Å². The van der Waals surface area contributed by atoms with Crippen LogP contribution in [0.25, 0.3) is 5.69 Å². The third-order valence-electron chi connectivity index (χ3n) is 3.53. The quantitative estimate of drug-likeness (QED) is 0.677. The van der Waals surface area contributed by atoms with Crippen molar-refractivity contribution in [1.82, 2.24) is 14.3 Å². The van der Waals surface area contributed by atoms with Gasteiger partial charge in [-0.1, -0.05) is 0 Å². The number of benzene rings is 2. The maximum absolute atomic E-state index is 13.8. The lowest BCUT2D eigenvalue weighted by molar-refractivity contribution is 0.572. The molecule has 0 spiro atoms. The van der Waals surface area contributed by atoms with Crippen LogP contribution in [0, 0.1) is 24.4 Å². The Kier molecular flexibility index (Phi) is 4.31. The lowest BCUT2D eigenvalue weighted by atomic mass is 10.2. The Morgan fingerprint density at radius 1 is 1.08 bits per heavy atom. The maximum Gasteiger partial charge on any atom is 0.351 e. The molecule has 0 radical (unpaired) electrons. The summed E-state index contributed by atoms with van der Waals surface area (Å²) in [6, 6.07) is 7.16. The number of rotatable bonds is 3. The first-order chi connectivity index (χ1) is 11.4. The third kappa shape index (κ3) is 3.01. The molecule has 0 aliphatic carbocycles. The summed E-state index contributed by atoms with van der Waals surface area (Å²) in [6.07, 6.45) is 0. The zero-order valence-corrected chi connectivity index (χ0v) is 14.0. The van der Waals surface area contributed by atoms with Crippen LogP contribution < -0.4 is 5.69 Å². The molecule has 0 amide bonds. The number of hydrogen-bond donors (Lipinski definition) is 0. The molecule has 0 fully saturated rings. The highest BCUT2D eigenvalue weighted by molar-refractivity contribution is 9.10. The van der Waals surface area contributed by atoms with Crippen LogP contribution in [0.15, 0.2) is 45.7 Å². The molecule has 0 atom stereocenters. The van der Waals surface area contributed by atoms with Crippen LogP contribution in [0.5, 0.6) is 0 Å². The molecule has 0 aliphatic rings. The van der Waals surface area contributed by atoms with E-state index < -0.39 is 23.1 Å². The van der Waals surface area contributed by atoms with E-state index in [1.54, 1.807) is 6.92 Å². The minimum Gasteiger partial charge on any atom is -0.274 e. The predicted molar refractivity (Wildman–Crippen MR) is 85.7 cm³/mol. The largest absolute Gasteiger partial charge is 0.351 e. The van der Waals surface area contributed by atoms with E-state index in [9.17, 15) is 18.0 Å². The van der Waals surface area contributed by atoms with Gasteiger partial charge in [-0.05, 0) is 53.2 Å². The minimum absolute atomic E-state index is 0.0294. The minimum atomic E-state index is -0.620. The fourth-order valence-corrected chi connectivity index (χ4v) is 2.54. The molecular weight excluding hydrogens is 387 g/mol. The Labute approximate surface area is 143 Å². The summed E-state index contributed by atoms with van der Waals surface area (Å²) in [7, 11) is 0. The van der Waals surface area contributed by atoms with Crippen molar-refractivity contribution in [2.45, 2.75) is 13.5 Å². The molecular formula is C16H11BrF3N3O. The molecule has 0 saturated carbocycles. The Hall–Kier alpha value is -2.35. The van der Waals surface area contributed by atoms with Gasteiger partial charge in [0, 0.05) is 11.6 Å². The highest BCUT2D eigenvalue weighted by atomic mass is 79.9. The monoisotopic (exact) mass is 397 g/mol. The van der Waals surface area contributed by atoms with Gasteiger partial charge >= 0.3 is 5.69 Å². The number of aromatic nitrogens is 3. The third-order valence-corrected chi connectivity index (χ3v) is 4.17. The van der Waals surface area contributed by atoms with E-state index in [1.165, 1.54) is 16.7 Å². The Bertz CT molecular complexity index is 981. The van der Waals surface area contributed by atoms with Crippen LogP contribution in [-0.4, -0.2) is 14.3 Å². The predicted octanol–water partition coefficient (Wildman–Crippen LogP) is 3.57. The van der Waals surface area contributed by atoms with Gasteiger partial charge in [-0.2, -0.15) is 9.78 Å². The Balaban J connectivity index is 2.05. The standard InChI is InChI=1S/C16H11BrF3N3O/c1-9-21-23(12-3-4-13(17)15(20)7-12)16(24)22(9)8-10-6-11(18)2-5-14(10)19/h2-7H,8H2,1H3. The molecule has 2 aromatic carbocycles.